The Labute approximate surface area is 170 Å². The Morgan fingerprint density at radius 2 is 1.73 bits per heavy atom. The Morgan fingerprint density at radius 3 is 2.38 bits per heavy atom. The van der Waals surface area contributed by atoms with Gasteiger partial charge in [0.15, 0.2) is 0 Å². The smallest absolute Gasteiger partial charge is 0.218 e. The van der Waals surface area contributed by atoms with Crippen LogP contribution in [0.3, 0.4) is 0 Å². The monoisotopic (exact) mass is 420 g/mol. The van der Waals surface area contributed by atoms with Gasteiger partial charge in [-0.2, -0.15) is 0 Å². The molecule has 4 rings (SSSR count). The van der Waals surface area contributed by atoms with Crippen molar-refractivity contribution >= 4 is 46.4 Å². The summed E-state index contributed by atoms with van der Waals surface area (Å²) >= 11 is 18.2. The van der Waals surface area contributed by atoms with Crippen molar-refractivity contribution in [2.45, 2.75) is 74.6 Å². The van der Waals surface area contributed by atoms with E-state index in [-0.39, 0.29) is 40.3 Å². The van der Waals surface area contributed by atoms with Crippen LogP contribution in [0.2, 0.25) is 0 Å². The van der Waals surface area contributed by atoms with E-state index in [1.165, 1.54) is 0 Å². The van der Waals surface area contributed by atoms with E-state index in [1.54, 1.807) is 0 Å². The lowest BCUT2D eigenvalue weighted by Gasteiger charge is -2.61. The zero-order valence-electron chi connectivity index (χ0n) is 15.4. The van der Waals surface area contributed by atoms with Crippen LogP contribution < -0.4 is 0 Å². The van der Waals surface area contributed by atoms with Gasteiger partial charge >= 0.3 is 0 Å². The predicted molar refractivity (Wildman–Crippen MR) is 102 cm³/mol. The molecule has 0 aromatic heterocycles. The molecule has 0 bridgehead atoms. The second-order valence-electron chi connectivity index (χ2n) is 9.76. The molecule has 5 unspecified atom stereocenters. The Hall–Kier alpha value is 0.170. The molecule has 7 atom stereocenters. The normalized spacial score (nSPS) is 51.6. The van der Waals surface area contributed by atoms with E-state index in [1.807, 2.05) is 0 Å². The molecule has 3 nitrogen and oxygen atoms in total. The van der Waals surface area contributed by atoms with Crippen molar-refractivity contribution in [2.75, 3.05) is 0 Å². The summed E-state index contributed by atoms with van der Waals surface area (Å²) in [5.41, 5.74) is -1.72. The molecule has 0 heterocycles. The quantitative estimate of drug-likeness (QED) is 0.567. The summed E-state index contributed by atoms with van der Waals surface area (Å²) in [5, 5.41) is 10.9. The molecule has 1 N–H and O–H groups in total. The van der Waals surface area contributed by atoms with E-state index >= 15 is 0 Å². The third-order valence-electron chi connectivity index (χ3n) is 8.77. The number of carbonyl (C=O) groups excluding carboxylic acids is 2. The number of aliphatic hydroxyl groups is 1. The first-order valence-electron chi connectivity index (χ1n) is 9.77. The van der Waals surface area contributed by atoms with Gasteiger partial charge in [-0.15, -0.1) is 0 Å². The molecule has 6 heteroatoms. The number of alkyl halides is 3. The lowest BCUT2D eigenvalue weighted by molar-refractivity contribution is -0.167. The first kappa shape index (κ1) is 19.5. The maximum absolute atomic E-state index is 13.2. The fourth-order valence-electron chi connectivity index (χ4n) is 6.96. The van der Waals surface area contributed by atoms with Crippen molar-refractivity contribution < 1.29 is 14.7 Å². The highest BCUT2D eigenvalue weighted by molar-refractivity contribution is 6.68. The van der Waals surface area contributed by atoms with Gasteiger partial charge in [-0.3, -0.25) is 9.59 Å². The zero-order valence-corrected chi connectivity index (χ0v) is 17.6. The molecule has 0 amide bonds. The van der Waals surface area contributed by atoms with Crippen LogP contribution in [-0.4, -0.2) is 26.1 Å². The molecular weight excluding hydrogens is 395 g/mol. The van der Waals surface area contributed by atoms with E-state index in [4.69, 9.17) is 34.8 Å². The first-order valence-corrected chi connectivity index (χ1v) is 10.9. The Morgan fingerprint density at radius 1 is 1.04 bits per heavy atom. The van der Waals surface area contributed by atoms with Gasteiger partial charge < -0.3 is 5.11 Å². The molecule has 0 saturated heterocycles. The maximum Gasteiger partial charge on any atom is 0.218 e. The molecular formula is C20H27Cl3O3. The van der Waals surface area contributed by atoms with E-state index in [0.29, 0.717) is 31.5 Å². The number of fused-ring (bicyclic) bond motifs is 5. The number of hydrogen-bond acceptors (Lipinski definition) is 3. The van der Waals surface area contributed by atoms with Crippen LogP contribution in [0.25, 0.3) is 0 Å². The van der Waals surface area contributed by atoms with Crippen molar-refractivity contribution in [3.63, 3.8) is 0 Å². The van der Waals surface area contributed by atoms with Crippen LogP contribution in [0.15, 0.2) is 0 Å². The highest BCUT2D eigenvalue weighted by Gasteiger charge is 2.65. The fraction of sp³-hybridized carbons (Fsp3) is 0.900. The van der Waals surface area contributed by atoms with Gasteiger partial charge in [0, 0.05) is 24.2 Å². The molecule has 4 saturated carbocycles. The highest BCUT2D eigenvalue weighted by Crippen LogP contribution is 2.66. The predicted octanol–water partition coefficient (Wildman–Crippen LogP) is 4.88. The molecule has 0 aromatic carbocycles. The number of Topliss-reactive ketones (excluding diaryl/α,β-unsaturated/α-hetero) is 2. The third kappa shape index (κ3) is 2.49. The molecule has 0 radical (unpaired) electrons. The Bertz CT molecular complexity index is 659. The minimum atomic E-state index is -1.74. The van der Waals surface area contributed by atoms with E-state index in [9.17, 15) is 14.7 Å². The standard InChI is InChI=1S/C20H27Cl3O3/c1-17-7-8-19(26,20(21,22)23)10-11(17)9-14(24)16-12-3-4-15(25)18(12,2)6-5-13(16)17/h11-13,16,26H,3-10H2,1-2H3/t11?,12?,13?,16?,17-,18-,19?/m0/s1. The van der Waals surface area contributed by atoms with Gasteiger partial charge in [-0.05, 0) is 61.7 Å². The van der Waals surface area contributed by atoms with Crippen molar-refractivity contribution in [1.29, 1.82) is 0 Å². The maximum atomic E-state index is 13.2. The average molecular weight is 422 g/mol. The summed E-state index contributed by atoms with van der Waals surface area (Å²) in [6.07, 6.45) is 5.24. The summed E-state index contributed by atoms with van der Waals surface area (Å²) in [6.45, 7) is 4.34. The van der Waals surface area contributed by atoms with Crippen LogP contribution in [0.1, 0.15) is 65.2 Å². The Kier molecular flexibility index (Phi) is 4.38. The van der Waals surface area contributed by atoms with E-state index in [0.717, 1.165) is 25.7 Å². The molecule has 0 aliphatic heterocycles. The topological polar surface area (TPSA) is 54.4 Å². The SMILES string of the molecule is C[C@]12CCC(O)(C(Cl)(Cl)Cl)CC1CC(=O)C1C2CC[C@]2(C)C(=O)CCC12. The Balaban J connectivity index is 1.66. The highest BCUT2D eigenvalue weighted by atomic mass is 35.6. The number of rotatable bonds is 0. The lowest BCUT2D eigenvalue weighted by Crippen LogP contribution is -2.60. The zero-order chi connectivity index (χ0) is 19.1. The first-order chi connectivity index (χ1) is 11.9. The summed E-state index contributed by atoms with van der Waals surface area (Å²) in [5.74, 6) is 1.09. The van der Waals surface area contributed by atoms with Gasteiger partial charge in [0.2, 0.25) is 3.79 Å². The average Bonchev–Trinajstić information content (AvgIpc) is 2.84. The van der Waals surface area contributed by atoms with Gasteiger partial charge in [0.25, 0.3) is 0 Å². The summed E-state index contributed by atoms with van der Waals surface area (Å²) in [4.78, 5) is 25.7. The molecule has 146 valence electrons. The molecule has 4 fully saturated rings. The number of ketones is 2. The van der Waals surface area contributed by atoms with E-state index in [2.05, 4.69) is 13.8 Å². The minimum Gasteiger partial charge on any atom is -0.385 e. The van der Waals surface area contributed by atoms with Crippen LogP contribution in [0.4, 0.5) is 0 Å². The van der Waals surface area contributed by atoms with Gasteiger partial charge in [0.1, 0.15) is 17.2 Å². The fourth-order valence-corrected chi connectivity index (χ4v) is 7.47. The molecule has 4 aliphatic carbocycles. The van der Waals surface area contributed by atoms with Crippen LogP contribution >= 0.6 is 34.8 Å². The van der Waals surface area contributed by atoms with Crippen molar-refractivity contribution in [3.05, 3.63) is 0 Å². The van der Waals surface area contributed by atoms with Crippen LogP contribution in [0.5, 0.6) is 0 Å². The summed E-state index contributed by atoms with van der Waals surface area (Å²) < 4.78 is -1.74. The summed E-state index contributed by atoms with van der Waals surface area (Å²) in [6, 6.07) is 0. The third-order valence-corrected chi connectivity index (χ3v) is 9.82. The van der Waals surface area contributed by atoms with Crippen molar-refractivity contribution in [1.82, 2.24) is 0 Å². The largest absolute Gasteiger partial charge is 0.385 e. The second-order valence-corrected chi connectivity index (χ2v) is 12.0. The van der Waals surface area contributed by atoms with Gasteiger partial charge in [-0.25, -0.2) is 0 Å². The molecule has 26 heavy (non-hydrogen) atoms. The number of halogens is 3. The van der Waals surface area contributed by atoms with Crippen LogP contribution in [0, 0.1) is 34.5 Å². The van der Waals surface area contributed by atoms with E-state index < -0.39 is 9.39 Å². The minimum absolute atomic E-state index is 0.0135. The number of hydrogen-bond donors (Lipinski definition) is 1. The lowest BCUT2D eigenvalue weighted by atomic mass is 9.44. The van der Waals surface area contributed by atoms with Gasteiger partial charge in [-0.1, -0.05) is 48.7 Å². The molecule has 0 spiro atoms. The number of carbonyl (C=O) groups is 2. The van der Waals surface area contributed by atoms with Crippen molar-refractivity contribution in [2.24, 2.45) is 34.5 Å². The summed E-state index contributed by atoms with van der Waals surface area (Å²) in [7, 11) is 0. The van der Waals surface area contributed by atoms with Crippen molar-refractivity contribution in [3.8, 4) is 0 Å². The van der Waals surface area contributed by atoms with Crippen LogP contribution in [-0.2, 0) is 9.59 Å². The second kappa shape index (κ2) is 5.84. The van der Waals surface area contributed by atoms with Gasteiger partial charge in [0.05, 0.1) is 0 Å². The molecule has 4 aliphatic rings. The molecule has 0 aromatic rings.